The Morgan fingerprint density at radius 2 is 1.77 bits per heavy atom. The second-order valence-electron chi connectivity index (χ2n) is 7.90. The lowest BCUT2D eigenvalue weighted by atomic mass is 9.88. The molecule has 6 heteroatoms. The van der Waals surface area contributed by atoms with Crippen molar-refractivity contribution in [3.63, 3.8) is 0 Å². The molecule has 0 spiro atoms. The van der Waals surface area contributed by atoms with Crippen molar-refractivity contribution in [1.29, 1.82) is 0 Å². The summed E-state index contributed by atoms with van der Waals surface area (Å²) in [5.74, 6) is 2.01. The number of carbonyl (C=O) groups excluding carboxylic acids is 2. The van der Waals surface area contributed by atoms with E-state index < -0.39 is 0 Å². The third-order valence-corrected chi connectivity index (χ3v) is 5.79. The van der Waals surface area contributed by atoms with Gasteiger partial charge >= 0.3 is 0 Å². The fraction of sp³-hybridized carbons (Fsp3) is 0.360. The number of rotatable bonds is 5. The normalized spacial score (nSPS) is 16.4. The standard InChI is InChI=1S/C25H27NO5/c1-17-3-6-21(29-2)19(15-17)5-8-24(27)26-11-9-18(10-12-26)25(28)20-4-7-22-23(16-20)31-14-13-30-22/h3-8,15-16,18H,9-14H2,1-2H3/b8-5+. The molecular weight excluding hydrogens is 394 g/mol. The maximum absolute atomic E-state index is 12.9. The van der Waals surface area contributed by atoms with Gasteiger partial charge in [0.25, 0.3) is 0 Å². The minimum absolute atomic E-state index is 0.0474. The molecule has 0 aromatic heterocycles. The number of hydrogen-bond donors (Lipinski definition) is 0. The van der Waals surface area contributed by atoms with Crippen LogP contribution in [-0.4, -0.2) is 50.0 Å². The minimum Gasteiger partial charge on any atom is -0.496 e. The number of carbonyl (C=O) groups is 2. The van der Waals surface area contributed by atoms with Crippen molar-refractivity contribution in [3.05, 3.63) is 59.2 Å². The van der Waals surface area contributed by atoms with Crippen molar-refractivity contribution in [3.8, 4) is 17.2 Å². The van der Waals surface area contributed by atoms with Crippen LogP contribution in [0.2, 0.25) is 0 Å². The van der Waals surface area contributed by atoms with Crippen LogP contribution in [0.5, 0.6) is 17.2 Å². The molecule has 2 aromatic carbocycles. The Balaban J connectivity index is 1.35. The van der Waals surface area contributed by atoms with E-state index in [1.165, 1.54) is 0 Å². The van der Waals surface area contributed by atoms with Crippen molar-refractivity contribution in [2.24, 2.45) is 5.92 Å². The van der Waals surface area contributed by atoms with Crippen LogP contribution < -0.4 is 14.2 Å². The lowest BCUT2D eigenvalue weighted by Crippen LogP contribution is -2.39. The largest absolute Gasteiger partial charge is 0.496 e. The number of benzene rings is 2. The quantitative estimate of drug-likeness (QED) is 0.541. The van der Waals surface area contributed by atoms with Crippen molar-refractivity contribution in [2.75, 3.05) is 33.4 Å². The topological polar surface area (TPSA) is 65.1 Å². The highest BCUT2D eigenvalue weighted by molar-refractivity contribution is 5.99. The number of aryl methyl sites for hydroxylation is 1. The lowest BCUT2D eigenvalue weighted by molar-refractivity contribution is -0.127. The van der Waals surface area contributed by atoms with Crippen LogP contribution >= 0.6 is 0 Å². The Labute approximate surface area is 182 Å². The van der Waals surface area contributed by atoms with E-state index in [0.717, 1.165) is 16.9 Å². The first-order chi connectivity index (χ1) is 15.0. The maximum atomic E-state index is 12.9. The smallest absolute Gasteiger partial charge is 0.246 e. The zero-order chi connectivity index (χ0) is 21.8. The van der Waals surface area contributed by atoms with Crippen LogP contribution in [0, 0.1) is 12.8 Å². The van der Waals surface area contributed by atoms with Crippen LogP contribution in [0.4, 0.5) is 0 Å². The first kappa shape index (κ1) is 21.0. The SMILES string of the molecule is COc1ccc(C)cc1/C=C/C(=O)N1CCC(C(=O)c2ccc3c(c2)OCCO3)CC1. The molecule has 0 radical (unpaired) electrons. The van der Waals surface area contributed by atoms with E-state index >= 15 is 0 Å². The van der Waals surface area contributed by atoms with Gasteiger partial charge in [-0.3, -0.25) is 9.59 Å². The molecule has 6 nitrogen and oxygen atoms in total. The third kappa shape index (κ3) is 4.74. The lowest BCUT2D eigenvalue weighted by Gasteiger charge is -2.30. The molecule has 0 unspecified atom stereocenters. The number of likely N-dealkylation sites (tertiary alicyclic amines) is 1. The molecule has 0 bridgehead atoms. The summed E-state index contributed by atoms with van der Waals surface area (Å²) in [6.45, 7) is 4.15. The van der Waals surface area contributed by atoms with Gasteiger partial charge < -0.3 is 19.1 Å². The van der Waals surface area contributed by atoms with E-state index in [-0.39, 0.29) is 17.6 Å². The first-order valence-electron chi connectivity index (χ1n) is 10.6. The molecule has 0 aliphatic carbocycles. The van der Waals surface area contributed by atoms with Gasteiger partial charge in [0, 0.05) is 36.2 Å². The molecule has 2 aromatic rings. The van der Waals surface area contributed by atoms with Crippen molar-refractivity contribution in [2.45, 2.75) is 19.8 Å². The van der Waals surface area contributed by atoms with Gasteiger partial charge in [-0.25, -0.2) is 0 Å². The van der Waals surface area contributed by atoms with Gasteiger partial charge in [0.2, 0.25) is 5.91 Å². The van der Waals surface area contributed by atoms with Crippen LogP contribution in [0.15, 0.2) is 42.5 Å². The van der Waals surface area contributed by atoms with Crippen molar-refractivity contribution < 1.29 is 23.8 Å². The Kier molecular flexibility index (Phi) is 6.26. The maximum Gasteiger partial charge on any atom is 0.246 e. The van der Waals surface area contributed by atoms with E-state index in [1.54, 1.807) is 42.4 Å². The Morgan fingerprint density at radius 3 is 2.52 bits per heavy atom. The van der Waals surface area contributed by atoms with Gasteiger partial charge in [-0.05, 0) is 56.2 Å². The van der Waals surface area contributed by atoms with Crippen molar-refractivity contribution in [1.82, 2.24) is 4.90 Å². The predicted molar refractivity (Wildman–Crippen MR) is 118 cm³/mol. The fourth-order valence-corrected chi connectivity index (χ4v) is 4.04. The first-order valence-corrected chi connectivity index (χ1v) is 10.6. The number of fused-ring (bicyclic) bond motifs is 1. The number of methoxy groups -OCH3 is 1. The van der Waals surface area contributed by atoms with Crippen LogP contribution in [0.1, 0.15) is 34.3 Å². The third-order valence-electron chi connectivity index (χ3n) is 5.79. The van der Waals surface area contributed by atoms with Crippen LogP contribution in [-0.2, 0) is 4.79 Å². The van der Waals surface area contributed by atoms with Crippen molar-refractivity contribution >= 4 is 17.8 Å². The summed E-state index contributed by atoms with van der Waals surface area (Å²) in [7, 11) is 1.62. The number of amides is 1. The van der Waals surface area contributed by atoms with E-state index in [4.69, 9.17) is 14.2 Å². The summed E-state index contributed by atoms with van der Waals surface area (Å²) < 4.78 is 16.5. The molecular formula is C25H27NO5. The second kappa shape index (κ2) is 9.25. The number of nitrogens with zero attached hydrogens (tertiary/aromatic N) is 1. The van der Waals surface area contributed by atoms with Gasteiger partial charge in [-0.2, -0.15) is 0 Å². The Bertz CT molecular complexity index is 1000. The monoisotopic (exact) mass is 421 g/mol. The van der Waals surface area contributed by atoms with Crippen LogP contribution in [0.3, 0.4) is 0 Å². The second-order valence-corrected chi connectivity index (χ2v) is 7.90. The summed E-state index contributed by atoms with van der Waals surface area (Å²) in [4.78, 5) is 27.4. The van der Waals surface area contributed by atoms with E-state index in [1.807, 2.05) is 25.1 Å². The van der Waals surface area contributed by atoms with Gasteiger partial charge in [0.05, 0.1) is 7.11 Å². The van der Waals surface area contributed by atoms with Gasteiger partial charge in [-0.15, -0.1) is 0 Å². The molecule has 0 saturated carbocycles. The average molecular weight is 421 g/mol. The van der Waals surface area contributed by atoms with Gasteiger partial charge in [0.15, 0.2) is 17.3 Å². The molecule has 1 saturated heterocycles. The van der Waals surface area contributed by atoms with Gasteiger partial charge in [-0.1, -0.05) is 11.6 Å². The predicted octanol–water partition coefficient (Wildman–Crippen LogP) is 3.91. The number of hydrogen-bond acceptors (Lipinski definition) is 5. The number of ether oxygens (including phenoxy) is 3. The zero-order valence-corrected chi connectivity index (χ0v) is 17.9. The van der Waals surface area contributed by atoms with E-state index in [9.17, 15) is 9.59 Å². The highest BCUT2D eigenvalue weighted by atomic mass is 16.6. The number of Topliss-reactive ketones (excluding diaryl/α,β-unsaturated/α-hetero) is 1. The molecule has 162 valence electrons. The summed E-state index contributed by atoms with van der Waals surface area (Å²) in [5.41, 5.74) is 2.62. The minimum atomic E-state index is -0.0903. The molecule has 2 aliphatic rings. The summed E-state index contributed by atoms with van der Waals surface area (Å²) >= 11 is 0. The molecule has 1 fully saturated rings. The molecule has 0 atom stereocenters. The average Bonchev–Trinajstić information content (AvgIpc) is 2.82. The summed E-state index contributed by atoms with van der Waals surface area (Å²) in [5, 5.41) is 0. The summed E-state index contributed by atoms with van der Waals surface area (Å²) in [6.07, 6.45) is 4.68. The fourth-order valence-electron chi connectivity index (χ4n) is 4.04. The van der Waals surface area contributed by atoms with E-state index in [0.29, 0.717) is 56.2 Å². The Morgan fingerprint density at radius 1 is 1.03 bits per heavy atom. The number of piperidine rings is 1. The van der Waals surface area contributed by atoms with Crippen LogP contribution in [0.25, 0.3) is 6.08 Å². The molecule has 1 amide bonds. The van der Waals surface area contributed by atoms with Gasteiger partial charge in [0.1, 0.15) is 19.0 Å². The highest BCUT2D eigenvalue weighted by Gasteiger charge is 2.28. The molecule has 4 rings (SSSR count). The molecule has 31 heavy (non-hydrogen) atoms. The molecule has 0 N–H and O–H groups in total. The summed E-state index contributed by atoms with van der Waals surface area (Å²) in [6, 6.07) is 11.2. The zero-order valence-electron chi connectivity index (χ0n) is 17.9. The molecule has 2 heterocycles. The Hall–Kier alpha value is -3.28. The molecule has 2 aliphatic heterocycles. The highest BCUT2D eigenvalue weighted by Crippen LogP contribution is 2.32. The van der Waals surface area contributed by atoms with E-state index in [2.05, 4.69) is 0 Å². The number of ketones is 1.